The number of rotatable bonds is 4. The van der Waals surface area contributed by atoms with E-state index in [4.69, 9.17) is 0 Å². The number of nitrogens with zero attached hydrogens (tertiary/aromatic N) is 4. The van der Waals surface area contributed by atoms with Crippen molar-refractivity contribution in [2.24, 2.45) is 0 Å². The first-order valence-electron chi connectivity index (χ1n) is 6.06. The van der Waals surface area contributed by atoms with Gasteiger partial charge in [-0.2, -0.15) is 0 Å². The van der Waals surface area contributed by atoms with E-state index >= 15 is 0 Å². The lowest BCUT2D eigenvalue weighted by Crippen LogP contribution is -2.23. The van der Waals surface area contributed by atoms with Crippen molar-refractivity contribution in [3.05, 3.63) is 23.3 Å². The van der Waals surface area contributed by atoms with Crippen molar-refractivity contribution in [2.45, 2.75) is 40.2 Å². The minimum atomic E-state index is 0.0342. The quantitative estimate of drug-likeness (QED) is 0.880. The van der Waals surface area contributed by atoms with Crippen LogP contribution in [0.2, 0.25) is 0 Å². The summed E-state index contributed by atoms with van der Waals surface area (Å²) in [6.45, 7) is 6.25. The van der Waals surface area contributed by atoms with E-state index in [1.54, 1.807) is 0 Å². The van der Waals surface area contributed by atoms with E-state index in [1.807, 2.05) is 31.2 Å². The van der Waals surface area contributed by atoms with Crippen LogP contribution < -0.4 is 5.32 Å². The van der Waals surface area contributed by atoms with Crippen LogP contribution in [0.5, 0.6) is 0 Å². The van der Waals surface area contributed by atoms with Crippen molar-refractivity contribution in [3.63, 3.8) is 0 Å². The first-order valence-corrected chi connectivity index (χ1v) is 6.06. The van der Waals surface area contributed by atoms with Crippen LogP contribution in [0.3, 0.4) is 0 Å². The number of nitrogens with one attached hydrogen (secondary N) is 1. The maximum absolute atomic E-state index is 11.4. The molecule has 0 atom stereocenters. The highest BCUT2D eigenvalue weighted by Gasteiger charge is 2.10. The minimum absolute atomic E-state index is 0.0342. The van der Waals surface area contributed by atoms with Crippen LogP contribution in [0, 0.1) is 13.8 Å². The second-order valence-corrected chi connectivity index (χ2v) is 4.32. The van der Waals surface area contributed by atoms with E-state index in [9.17, 15) is 4.79 Å². The fourth-order valence-electron chi connectivity index (χ4n) is 1.91. The van der Waals surface area contributed by atoms with Gasteiger partial charge in [0.2, 0.25) is 5.91 Å². The molecule has 6 heteroatoms. The smallest absolute Gasteiger partial charge is 0.255 e. The molecule has 0 aromatic carbocycles. The molecule has 0 bridgehead atoms. The molecule has 2 aromatic rings. The van der Waals surface area contributed by atoms with Gasteiger partial charge in [0.25, 0.3) is 5.78 Å². The number of carbonyl (C=O) groups is 1. The maximum Gasteiger partial charge on any atom is 0.255 e. The molecule has 0 saturated carbocycles. The van der Waals surface area contributed by atoms with Gasteiger partial charge in [-0.1, -0.05) is 6.92 Å². The molecular weight excluding hydrogens is 230 g/mol. The highest BCUT2D eigenvalue weighted by atomic mass is 16.1. The zero-order chi connectivity index (χ0) is 13.1. The predicted octanol–water partition coefficient (Wildman–Crippen LogP) is 1.16. The Kier molecular flexibility index (Phi) is 3.55. The van der Waals surface area contributed by atoms with Crippen molar-refractivity contribution >= 4 is 11.7 Å². The lowest BCUT2D eigenvalue weighted by atomic mass is 10.3. The Morgan fingerprint density at radius 2 is 2.17 bits per heavy atom. The summed E-state index contributed by atoms with van der Waals surface area (Å²) in [4.78, 5) is 15.7. The normalized spacial score (nSPS) is 10.8. The number of aryl methyl sites for hydroxylation is 2. The van der Waals surface area contributed by atoms with E-state index < -0.39 is 0 Å². The molecule has 0 aliphatic heterocycles. The molecule has 0 spiro atoms. The zero-order valence-corrected chi connectivity index (χ0v) is 10.9. The number of hydrogen-bond donors (Lipinski definition) is 1. The van der Waals surface area contributed by atoms with E-state index in [-0.39, 0.29) is 5.91 Å². The van der Waals surface area contributed by atoms with Crippen LogP contribution in [0.15, 0.2) is 6.07 Å². The first-order chi connectivity index (χ1) is 8.61. The summed E-state index contributed by atoms with van der Waals surface area (Å²) in [5.41, 5.74) is 1.93. The van der Waals surface area contributed by atoms with Crippen LogP contribution >= 0.6 is 0 Å². The Morgan fingerprint density at radius 1 is 1.39 bits per heavy atom. The van der Waals surface area contributed by atoms with Crippen molar-refractivity contribution in [1.29, 1.82) is 0 Å². The lowest BCUT2D eigenvalue weighted by Gasteiger charge is -2.05. The number of carbonyl (C=O) groups excluding carboxylic acids is 1. The molecule has 2 aromatic heterocycles. The van der Waals surface area contributed by atoms with E-state index in [2.05, 4.69) is 20.5 Å². The molecule has 0 aliphatic rings. The third-order valence-corrected chi connectivity index (χ3v) is 2.68. The molecule has 96 valence electrons. The van der Waals surface area contributed by atoms with Gasteiger partial charge in [-0.05, 0) is 26.3 Å². The highest BCUT2D eigenvalue weighted by Crippen LogP contribution is 2.07. The van der Waals surface area contributed by atoms with Crippen molar-refractivity contribution in [2.75, 3.05) is 0 Å². The molecule has 2 rings (SSSR count). The largest absolute Gasteiger partial charge is 0.349 e. The molecule has 0 radical (unpaired) electrons. The molecule has 18 heavy (non-hydrogen) atoms. The summed E-state index contributed by atoms with van der Waals surface area (Å²) in [7, 11) is 0. The fourth-order valence-corrected chi connectivity index (χ4v) is 1.91. The van der Waals surface area contributed by atoms with Gasteiger partial charge in [-0.25, -0.2) is 4.98 Å². The number of aromatic nitrogens is 4. The number of fused-ring (bicyclic) bond motifs is 1. The summed E-state index contributed by atoms with van der Waals surface area (Å²) in [6, 6.07) is 1.97. The molecule has 0 aliphatic carbocycles. The lowest BCUT2D eigenvalue weighted by molar-refractivity contribution is -0.121. The molecule has 1 amide bonds. The van der Waals surface area contributed by atoms with E-state index in [0.717, 1.165) is 17.8 Å². The van der Waals surface area contributed by atoms with Gasteiger partial charge in [-0.3, -0.25) is 9.20 Å². The van der Waals surface area contributed by atoms with Gasteiger partial charge in [0.1, 0.15) is 0 Å². The number of hydrogen-bond acceptors (Lipinski definition) is 4. The molecular formula is C12H17N5O. The van der Waals surface area contributed by atoms with Crippen LogP contribution in [-0.2, 0) is 11.3 Å². The first kappa shape index (κ1) is 12.5. The number of amides is 1. The molecule has 0 saturated heterocycles. The molecule has 2 heterocycles. The SMILES string of the molecule is CCCC(=O)NCc1nnc2nc(C)cc(C)n12. The van der Waals surface area contributed by atoms with Gasteiger partial charge in [-0.15, -0.1) is 10.2 Å². The standard InChI is InChI=1S/C12H17N5O/c1-4-5-11(18)13-7-10-15-16-12-14-8(2)6-9(3)17(10)12/h6H,4-5,7H2,1-3H3,(H,13,18). The van der Waals surface area contributed by atoms with Crippen molar-refractivity contribution in [3.8, 4) is 0 Å². The Hall–Kier alpha value is -1.98. The van der Waals surface area contributed by atoms with Crippen LogP contribution in [0.1, 0.15) is 37.0 Å². The highest BCUT2D eigenvalue weighted by molar-refractivity contribution is 5.75. The second-order valence-electron chi connectivity index (χ2n) is 4.32. The summed E-state index contributed by atoms with van der Waals surface area (Å²) in [6.07, 6.45) is 1.37. The second kappa shape index (κ2) is 5.12. The third kappa shape index (κ3) is 2.47. The average molecular weight is 247 g/mol. The van der Waals surface area contributed by atoms with E-state index in [1.165, 1.54) is 0 Å². The predicted molar refractivity (Wildman–Crippen MR) is 67.0 cm³/mol. The summed E-state index contributed by atoms with van der Waals surface area (Å²) < 4.78 is 1.86. The zero-order valence-electron chi connectivity index (χ0n) is 10.9. The van der Waals surface area contributed by atoms with Gasteiger partial charge < -0.3 is 5.32 Å². The summed E-state index contributed by atoms with van der Waals surface area (Å²) in [5, 5.41) is 10.9. The van der Waals surface area contributed by atoms with Gasteiger partial charge >= 0.3 is 0 Å². The Balaban J connectivity index is 2.22. The molecule has 1 N–H and O–H groups in total. The fraction of sp³-hybridized carbons (Fsp3) is 0.500. The minimum Gasteiger partial charge on any atom is -0.349 e. The molecule has 0 unspecified atom stereocenters. The van der Waals surface area contributed by atoms with Crippen molar-refractivity contribution < 1.29 is 4.79 Å². The maximum atomic E-state index is 11.4. The Morgan fingerprint density at radius 3 is 2.89 bits per heavy atom. The van der Waals surface area contributed by atoms with E-state index in [0.29, 0.717) is 24.6 Å². The van der Waals surface area contributed by atoms with Gasteiger partial charge in [0, 0.05) is 17.8 Å². The average Bonchev–Trinajstić information content (AvgIpc) is 2.70. The summed E-state index contributed by atoms with van der Waals surface area (Å²) in [5.74, 6) is 1.32. The van der Waals surface area contributed by atoms with Crippen LogP contribution in [0.4, 0.5) is 0 Å². The topological polar surface area (TPSA) is 72.2 Å². The monoisotopic (exact) mass is 247 g/mol. The van der Waals surface area contributed by atoms with Crippen molar-refractivity contribution in [1.82, 2.24) is 24.9 Å². The summed E-state index contributed by atoms with van der Waals surface area (Å²) >= 11 is 0. The molecule has 6 nitrogen and oxygen atoms in total. The Bertz CT molecular complexity index is 575. The van der Waals surface area contributed by atoms with Gasteiger partial charge in [0.15, 0.2) is 5.82 Å². The van der Waals surface area contributed by atoms with Crippen LogP contribution in [-0.4, -0.2) is 25.5 Å². The molecule has 0 fully saturated rings. The third-order valence-electron chi connectivity index (χ3n) is 2.68. The van der Waals surface area contributed by atoms with Crippen LogP contribution in [0.25, 0.3) is 5.78 Å². The Labute approximate surface area is 105 Å². The van der Waals surface area contributed by atoms with Gasteiger partial charge in [0.05, 0.1) is 6.54 Å².